The summed E-state index contributed by atoms with van der Waals surface area (Å²) in [5.41, 5.74) is 1.32. The van der Waals surface area contributed by atoms with Gasteiger partial charge in [0.05, 0.1) is 29.7 Å². The molecule has 230 valence electrons. The molecule has 1 N–H and O–H groups in total. The quantitative estimate of drug-likeness (QED) is 0.273. The number of hydrogen-bond donors (Lipinski definition) is 1. The number of amides is 2. The highest BCUT2D eigenvalue weighted by molar-refractivity contribution is 6.42. The normalized spacial score (nSPS) is 18.6. The van der Waals surface area contributed by atoms with Crippen LogP contribution in [0, 0.1) is 0 Å². The van der Waals surface area contributed by atoms with Crippen LogP contribution in [0.4, 0.5) is 0 Å². The van der Waals surface area contributed by atoms with E-state index in [2.05, 4.69) is 11.4 Å². The molecule has 0 saturated carbocycles. The van der Waals surface area contributed by atoms with E-state index in [4.69, 9.17) is 23.2 Å². The number of nitrogens with zero attached hydrogens (tertiary/aromatic N) is 3. The summed E-state index contributed by atoms with van der Waals surface area (Å²) in [5, 5.41) is 6.72. The van der Waals surface area contributed by atoms with E-state index < -0.39 is 5.54 Å². The van der Waals surface area contributed by atoms with Crippen molar-refractivity contribution in [3.63, 3.8) is 0 Å². The van der Waals surface area contributed by atoms with Crippen LogP contribution in [0.2, 0.25) is 10.0 Å². The Morgan fingerprint density at radius 3 is 2.26 bits per heavy atom. The molecular formula is C35H45Cl2N4O2+. The summed E-state index contributed by atoms with van der Waals surface area (Å²) in [4.78, 5) is 31.4. The number of halogens is 2. The van der Waals surface area contributed by atoms with Crippen LogP contribution < -0.4 is 5.32 Å². The molecule has 1 atom stereocenters. The Balaban J connectivity index is 1.45. The second-order valence-electron chi connectivity index (χ2n) is 12.8. The number of likely N-dealkylation sites (N-methyl/N-ethyl adjacent to an activating group) is 2. The van der Waals surface area contributed by atoms with Crippen LogP contribution in [0.25, 0.3) is 10.8 Å². The average Bonchev–Trinajstić information content (AvgIpc) is 3.04. The van der Waals surface area contributed by atoms with Crippen molar-refractivity contribution in [1.82, 2.24) is 15.1 Å². The summed E-state index contributed by atoms with van der Waals surface area (Å²) in [5.74, 6) is 0.287. The Kier molecular flexibility index (Phi) is 10.0. The first-order chi connectivity index (χ1) is 20.7. The predicted molar refractivity (Wildman–Crippen MR) is 177 cm³/mol. The fourth-order valence-corrected chi connectivity index (χ4v) is 7.93. The van der Waals surface area contributed by atoms with Gasteiger partial charge >= 0.3 is 0 Å². The van der Waals surface area contributed by atoms with Gasteiger partial charge in [0.2, 0.25) is 0 Å². The molecule has 0 aliphatic carbocycles. The summed E-state index contributed by atoms with van der Waals surface area (Å²) < 4.78 is 0.825. The lowest BCUT2D eigenvalue weighted by Gasteiger charge is -2.56. The molecule has 2 fully saturated rings. The van der Waals surface area contributed by atoms with Gasteiger partial charge in [-0.05, 0) is 59.9 Å². The molecular weight excluding hydrogens is 579 g/mol. The van der Waals surface area contributed by atoms with E-state index in [1.165, 1.54) is 6.42 Å². The maximum Gasteiger partial charge on any atom is 0.283 e. The summed E-state index contributed by atoms with van der Waals surface area (Å²) in [6, 6.07) is 19.9. The number of carbonyl (C=O) groups is 2. The first-order valence-electron chi connectivity index (χ1n) is 15.6. The Labute approximate surface area is 266 Å². The highest BCUT2D eigenvalue weighted by Gasteiger charge is 2.57. The Morgan fingerprint density at radius 1 is 0.884 bits per heavy atom. The fourth-order valence-electron chi connectivity index (χ4n) is 7.62. The number of benzene rings is 3. The maximum atomic E-state index is 14.0. The molecule has 6 nitrogen and oxygen atoms in total. The molecule has 3 aromatic rings. The van der Waals surface area contributed by atoms with Gasteiger partial charge in [-0.25, -0.2) is 0 Å². The van der Waals surface area contributed by atoms with Gasteiger partial charge in [0.25, 0.3) is 11.8 Å². The minimum absolute atomic E-state index is 0.00436. The molecule has 8 heteroatoms. The highest BCUT2D eigenvalue weighted by atomic mass is 35.5. The van der Waals surface area contributed by atoms with E-state index in [1.807, 2.05) is 85.5 Å². The standard InChI is InChI=1S/C35H45Cl2N4O2/c1-39(2)34(43)35(16-18-38-19-17-35)41(20-7-4-8-21-41)22-15-30(28-13-14-31(36)32(37)24-28)25-40(3)33(42)29-12-11-26-9-5-6-10-27(26)23-29/h5-6,9-14,23-24,30,38H,4,7-8,15-22,25H2,1-3H3/q+1. The third kappa shape index (κ3) is 6.58. The Morgan fingerprint density at radius 2 is 1.58 bits per heavy atom. The lowest BCUT2D eigenvalue weighted by molar-refractivity contribution is -0.972. The minimum atomic E-state index is -0.426. The van der Waals surface area contributed by atoms with Gasteiger partial charge in [-0.15, -0.1) is 0 Å². The van der Waals surface area contributed by atoms with Crippen molar-refractivity contribution < 1.29 is 14.1 Å². The number of rotatable bonds is 9. The molecule has 5 rings (SSSR count). The maximum absolute atomic E-state index is 14.0. The molecule has 1 unspecified atom stereocenters. The fraction of sp³-hybridized carbons (Fsp3) is 0.486. The van der Waals surface area contributed by atoms with Crippen LogP contribution in [-0.4, -0.2) is 92.0 Å². The van der Waals surface area contributed by atoms with Crippen molar-refractivity contribution in [2.75, 3.05) is 60.4 Å². The number of carbonyl (C=O) groups excluding carboxylic acids is 2. The SMILES string of the molecule is CN(C)C(=O)C1([N+]2(CCC(CN(C)C(=O)c3ccc4ccccc4c3)c3ccc(Cl)c(Cl)c3)CCCCC2)CCNCC1. The van der Waals surface area contributed by atoms with E-state index in [9.17, 15) is 9.59 Å². The van der Waals surface area contributed by atoms with Crippen molar-refractivity contribution in [2.24, 2.45) is 0 Å². The van der Waals surface area contributed by atoms with Gasteiger partial charge in [0, 0.05) is 71.5 Å². The summed E-state index contributed by atoms with van der Waals surface area (Å²) in [6.07, 6.45) is 6.01. The molecule has 3 aromatic carbocycles. The molecule has 0 radical (unpaired) electrons. The second-order valence-corrected chi connectivity index (χ2v) is 13.6. The van der Waals surface area contributed by atoms with E-state index in [-0.39, 0.29) is 17.7 Å². The zero-order valence-corrected chi connectivity index (χ0v) is 27.3. The predicted octanol–water partition coefficient (Wildman–Crippen LogP) is 6.60. The van der Waals surface area contributed by atoms with E-state index in [1.54, 1.807) is 0 Å². The zero-order chi connectivity index (χ0) is 30.6. The van der Waals surface area contributed by atoms with Gasteiger partial charge < -0.3 is 19.6 Å². The van der Waals surface area contributed by atoms with Crippen molar-refractivity contribution in [2.45, 2.75) is 50.0 Å². The number of fused-ring (bicyclic) bond motifs is 1. The van der Waals surface area contributed by atoms with Crippen LogP contribution in [0.1, 0.15) is 60.4 Å². The van der Waals surface area contributed by atoms with E-state index in [0.29, 0.717) is 22.2 Å². The van der Waals surface area contributed by atoms with Crippen molar-refractivity contribution in [1.29, 1.82) is 0 Å². The van der Waals surface area contributed by atoms with Crippen molar-refractivity contribution in [3.05, 3.63) is 81.8 Å². The molecule has 0 aromatic heterocycles. The molecule has 2 saturated heterocycles. The van der Waals surface area contributed by atoms with Crippen LogP contribution in [0.5, 0.6) is 0 Å². The number of likely N-dealkylation sites (tertiary alicyclic amines) is 1. The van der Waals surface area contributed by atoms with Crippen LogP contribution in [0.3, 0.4) is 0 Å². The highest BCUT2D eigenvalue weighted by Crippen LogP contribution is 2.40. The number of piperidine rings is 2. The van der Waals surface area contributed by atoms with Crippen LogP contribution in [-0.2, 0) is 4.79 Å². The molecule has 2 amide bonds. The van der Waals surface area contributed by atoms with Crippen LogP contribution >= 0.6 is 23.2 Å². The number of nitrogens with one attached hydrogen (secondary N) is 1. The topological polar surface area (TPSA) is 52.7 Å². The summed E-state index contributed by atoms with van der Waals surface area (Å²) >= 11 is 12.9. The third-order valence-corrected chi connectivity index (χ3v) is 10.7. The van der Waals surface area contributed by atoms with Gasteiger partial charge in [-0.1, -0.05) is 59.6 Å². The molecule has 2 aliphatic rings. The molecule has 2 heterocycles. The molecule has 0 spiro atoms. The molecule has 2 aliphatic heterocycles. The minimum Gasteiger partial charge on any atom is -0.343 e. The van der Waals surface area contributed by atoms with Gasteiger partial charge in [0.1, 0.15) is 0 Å². The van der Waals surface area contributed by atoms with Crippen LogP contribution in [0.15, 0.2) is 60.7 Å². The largest absolute Gasteiger partial charge is 0.343 e. The molecule has 43 heavy (non-hydrogen) atoms. The monoisotopic (exact) mass is 623 g/mol. The lowest BCUT2D eigenvalue weighted by atomic mass is 9.79. The first-order valence-corrected chi connectivity index (χ1v) is 16.4. The van der Waals surface area contributed by atoms with Gasteiger partial charge in [-0.3, -0.25) is 9.59 Å². The van der Waals surface area contributed by atoms with E-state index >= 15 is 0 Å². The summed E-state index contributed by atoms with van der Waals surface area (Å²) in [7, 11) is 5.69. The van der Waals surface area contributed by atoms with Gasteiger partial charge in [-0.2, -0.15) is 0 Å². The smallest absolute Gasteiger partial charge is 0.283 e. The lowest BCUT2D eigenvalue weighted by Crippen LogP contribution is -2.74. The molecule has 0 bridgehead atoms. The first kappa shape index (κ1) is 31.8. The number of quaternary nitrogens is 1. The Bertz CT molecular complexity index is 1450. The summed E-state index contributed by atoms with van der Waals surface area (Å²) in [6.45, 7) is 5.17. The third-order valence-electron chi connectivity index (χ3n) is 9.97. The van der Waals surface area contributed by atoms with Crippen molar-refractivity contribution in [3.8, 4) is 0 Å². The average molecular weight is 625 g/mol. The van der Waals surface area contributed by atoms with Crippen molar-refractivity contribution >= 4 is 45.8 Å². The number of hydrogen-bond acceptors (Lipinski definition) is 3. The van der Waals surface area contributed by atoms with E-state index in [0.717, 1.165) is 85.6 Å². The van der Waals surface area contributed by atoms with Gasteiger partial charge in [0.15, 0.2) is 5.54 Å². The second kappa shape index (κ2) is 13.6. The Hall–Kier alpha value is -2.64. The zero-order valence-electron chi connectivity index (χ0n) is 25.8.